The number of nitrogens with zero attached hydrogens (tertiary/aromatic N) is 1. The minimum atomic E-state index is -2.07. The molecule has 10 heteroatoms. The predicted octanol–water partition coefficient (Wildman–Crippen LogP) is 2.21. The lowest BCUT2D eigenvalue weighted by molar-refractivity contribution is -0.187. The molecule has 1 rings (SSSR count). The van der Waals surface area contributed by atoms with E-state index in [-0.39, 0.29) is 13.1 Å². The van der Waals surface area contributed by atoms with Crippen molar-refractivity contribution >= 4 is 18.0 Å². The van der Waals surface area contributed by atoms with Crippen molar-refractivity contribution in [3.8, 4) is 0 Å². The van der Waals surface area contributed by atoms with E-state index in [0.29, 0.717) is 19.5 Å². The van der Waals surface area contributed by atoms with Crippen LogP contribution in [0.25, 0.3) is 0 Å². The van der Waals surface area contributed by atoms with Gasteiger partial charge in [0.15, 0.2) is 0 Å². The van der Waals surface area contributed by atoms with E-state index in [0.717, 1.165) is 26.1 Å². The Morgan fingerprint density at radius 2 is 1.06 bits per heavy atom. The van der Waals surface area contributed by atoms with Crippen LogP contribution in [-0.4, -0.2) is 91.1 Å². The van der Waals surface area contributed by atoms with Crippen LogP contribution >= 0.6 is 0 Å². The Morgan fingerprint density at radius 3 is 1.51 bits per heavy atom. The summed E-state index contributed by atoms with van der Waals surface area (Å²) in [4.78, 5) is 42.4. The second-order valence-electron chi connectivity index (χ2n) is 11.9. The largest absolute Gasteiger partial charge is 0.458 e. The fourth-order valence-corrected chi connectivity index (χ4v) is 3.42. The second kappa shape index (κ2) is 12.9. The quantitative estimate of drug-likeness (QED) is 0.298. The number of carbonyl (C=O) groups is 3. The van der Waals surface area contributed by atoms with Crippen molar-refractivity contribution < 1.29 is 28.6 Å². The van der Waals surface area contributed by atoms with Gasteiger partial charge < -0.3 is 30.2 Å². The van der Waals surface area contributed by atoms with Gasteiger partial charge in [-0.1, -0.05) is 0 Å². The van der Waals surface area contributed by atoms with Crippen LogP contribution in [0.1, 0.15) is 75.2 Å². The number of esters is 2. The molecule has 1 fully saturated rings. The number of nitrogens with one attached hydrogen (secondary N) is 3. The Labute approximate surface area is 211 Å². The molecule has 0 bridgehead atoms. The van der Waals surface area contributed by atoms with Crippen LogP contribution in [0, 0.1) is 0 Å². The highest BCUT2D eigenvalue weighted by atomic mass is 16.6. The summed E-state index contributed by atoms with van der Waals surface area (Å²) in [6, 6.07) is 0. The molecular formula is C25H48N4O6. The predicted molar refractivity (Wildman–Crippen MR) is 135 cm³/mol. The van der Waals surface area contributed by atoms with E-state index in [1.807, 2.05) is 0 Å². The molecule has 0 aromatic carbocycles. The number of carbonyl (C=O) groups excluding carboxylic acids is 3. The zero-order chi connectivity index (χ0) is 26.9. The molecule has 204 valence electrons. The van der Waals surface area contributed by atoms with Crippen LogP contribution in [0.5, 0.6) is 0 Å². The van der Waals surface area contributed by atoms with Crippen LogP contribution in [0.4, 0.5) is 4.79 Å². The molecular weight excluding hydrogens is 452 g/mol. The smallest absolute Gasteiger partial charge is 0.411 e. The molecule has 0 saturated carbocycles. The Morgan fingerprint density at radius 1 is 0.629 bits per heavy atom. The minimum Gasteiger partial charge on any atom is -0.458 e. The Balaban J connectivity index is 3.62. The van der Waals surface area contributed by atoms with Gasteiger partial charge in [0.05, 0.1) is 0 Å². The lowest BCUT2D eigenvalue weighted by Gasteiger charge is -2.42. The number of rotatable bonds is 2. The minimum absolute atomic E-state index is 0.0928. The zero-order valence-corrected chi connectivity index (χ0v) is 23.3. The summed E-state index contributed by atoms with van der Waals surface area (Å²) < 4.78 is 17.2. The first-order valence-corrected chi connectivity index (χ1v) is 12.6. The SMILES string of the molecule is CC(C)(C)OC(=O)N1CCCNCCNCCCNCC1(C(=O)OC(C)(C)C)C(=O)OC(C)(C)C. The Bertz CT molecular complexity index is 678. The summed E-state index contributed by atoms with van der Waals surface area (Å²) in [5.41, 5.74) is -4.69. The number of hydrogen-bond donors (Lipinski definition) is 3. The normalized spacial score (nSPS) is 19.3. The van der Waals surface area contributed by atoms with Gasteiger partial charge in [-0.15, -0.1) is 0 Å². The van der Waals surface area contributed by atoms with Gasteiger partial charge in [-0.2, -0.15) is 0 Å². The van der Waals surface area contributed by atoms with Gasteiger partial charge >= 0.3 is 18.0 Å². The van der Waals surface area contributed by atoms with Gasteiger partial charge in [0, 0.05) is 26.2 Å². The first kappa shape index (κ1) is 31.1. The molecule has 0 radical (unpaired) electrons. The first-order chi connectivity index (χ1) is 16.0. The third-order valence-corrected chi connectivity index (χ3v) is 4.85. The van der Waals surface area contributed by atoms with Crippen molar-refractivity contribution in [2.75, 3.05) is 45.8 Å². The third kappa shape index (κ3) is 11.1. The molecule has 0 atom stereocenters. The lowest BCUT2D eigenvalue weighted by atomic mass is 9.95. The molecule has 0 unspecified atom stereocenters. The molecule has 0 aliphatic carbocycles. The van der Waals surface area contributed by atoms with Crippen molar-refractivity contribution in [1.82, 2.24) is 20.9 Å². The zero-order valence-electron chi connectivity index (χ0n) is 23.3. The molecule has 1 aliphatic heterocycles. The number of ether oxygens (including phenoxy) is 3. The van der Waals surface area contributed by atoms with Crippen LogP contribution in [0.3, 0.4) is 0 Å². The van der Waals surface area contributed by atoms with E-state index in [4.69, 9.17) is 14.2 Å². The second-order valence-corrected chi connectivity index (χ2v) is 11.9. The fourth-order valence-electron chi connectivity index (χ4n) is 3.42. The molecule has 1 aliphatic rings. The standard InChI is InChI=1S/C25H48N4O6/c1-22(2,3)33-19(30)25(20(31)34-23(4,5)6)18-28-13-10-12-26-15-16-27-14-11-17-29(25)21(32)35-24(7,8)9/h26-28H,10-18H2,1-9H3. The summed E-state index contributed by atoms with van der Waals surface area (Å²) in [5, 5.41) is 9.87. The first-order valence-electron chi connectivity index (χ1n) is 12.6. The number of hydrogen-bond acceptors (Lipinski definition) is 9. The van der Waals surface area contributed by atoms with Crippen molar-refractivity contribution in [3.63, 3.8) is 0 Å². The molecule has 1 saturated heterocycles. The van der Waals surface area contributed by atoms with Crippen LogP contribution < -0.4 is 16.0 Å². The summed E-state index contributed by atoms with van der Waals surface area (Å²) in [6.45, 7) is 19.0. The van der Waals surface area contributed by atoms with E-state index < -0.39 is 40.4 Å². The highest BCUT2D eigenvalue weighted by molar-refractivity contribution is 6.08. The number of amides is 1. The molecule has 0 aromatic heterocycles. The molecule has 10 nitrogen and oxygen atoms in total. The maximum Gasteiger partial charge on any atom is 0.411 e. The van der Waals surface area contributed by atoms with Gasteiger partial charge in [-0.25, -0.2) is 14.4 Å². The van der Waals surface area contributed by atoms with Gasteiger partial charge in [0.1, 0.15) is 16.8 Å². The Kier molecular flexibility index (Phi) is 11.4. The van der Waals surface area contributed by atoms with E-state index in [9.17, 15) is 14.4 Å². The molecule has 35 heavy (non-hydrogen) atoms. The molecule has 0 aromatic rings. The highest BCUT2D eigenvalue weighted by Crippen LogP contribution is 2.28. The average Bonchev–Trinajstić information content (AvgIpc) is 2.65. The van der Waals surface area contributed by atoms with Gasteiger partial charge in [0.2, 0.25) is 0 Å². The molecule has 0 spiro atoms. The van der Waals surface area contributed by atoms with E-state index in [1.54, 1.807) is 62.3 Å². The maximum atomic E-state index is 13.8. The maximum absolute atomic E-state index is 13.8. The van der Waals surface area contributed by atoms with Crippen LogP contribution in [-0.2, 0) is 23.8 Å². The summed E-state index contributed by atoms with van der Waals surface area (Å²) >= 11 is 0. The monoisotopic (exact) mass is 500 g/mol. The fraction of sp³-hybridized carbons (Fsp3) is 0.880. The summed E-state index contributed by atoms with van der Waals surface area (Å²) in [7, 11) is 0. The average molecular weight is 501 g/mol. The highest BCUT2D eigenvalue weighted by Gasteiger charge is 2.58. The Hall–Kier alpha value is -1.91. The van der Waals surface area contributed by atoms with Gasteiger partial charge in [0.25, 0.3) is 5.54 Å². The van der Waals surface area contributed by atoms with Crippen LogP contribution in [0.15, 0.2) is 0 Å². The van der Waals surface area contributed by atoms with E-state index in [1.165, 1.54) is 4.90 Å². The van der Waals surface area contributed by atoms with E-state index in [2.05, 4.69) is 16.0 Å². The van der Waals surface area contributed by atoms with Crippen molar-refractivity contribution in [2.24, 2.45) is 0 Å². The molecule has 1 amide bonds. The van der Waals surface area contributed by atoms with Gasteiger partial charge in [-0.05, 0) is 94.8 Å². The third-order valence-electron chi connectivity index (χ3n) is 4.85. The van der Waals surface area contributed by atoms with Crippen LogP contribution in [0.2, 0.25) is 0 Å². The van der Waals surface area contributed by atoms with E-state index >= 15 is 0 Å². The van der Waals surface area contributed by atoms with Crippen molar-refractivity contribution in [2.45, 2.75) is 97.5 Å². The van der Waals surface area contributed by atoms with Gasteiger partial charge in [-0.3, -0.25) is 4.90 Å². The summed E-state index contributed by atoms with van der Waals surface area (Å²) in [5.74, 6) is -1.70. The topological polar surface area (TPSA) is 118 Å². The molecule has 1 heterocycles. The molecule has 3 N–H and O–H groups in total. The van der Waals surface area contributed by atoms with Crippen molar-refractivity contribution in [3.05, 3.63) is 0 Å². The lowest BCUT2D eigenvalue weighted by Crippen LogP contribution is -2.69. The summed E-state index contributed by atoms with van der Waals surface area (Å²) in [6.07, 6.45) is 0.488. The van der Waals surface area contributed by atoms with Crippen molar-refractivity contribution in [1.29, 1.82) is 0 Å².